The van der Waals surface area contributed by atoms with Crippen LogP contribution in [0.25, 0.3) is 11.1 Å². The summed E-state index contributed by atoms with van der Waals surface area (Å²) in [7, 11) is 0. The molecule has 36 heavy (non-hydrogen) atoms. The van der Waals surface area contributed by atoms with Crippen molar-refractivity contribution in [3.8, 4) is 22.6 Å². The molecule has 0 bridgehead atoms. The predicted octanol–water partition coefficient (Wildman–Crippen LogP) is 6.69. The number of aliphatic hydroxyl groups excluding tert-OH is 1. The third-order valence-corrected chi connectivity index (χ3v) is 7.84. The van der Waals surface area contributed by atoms with Crippen LogP contribution in [0.5, 0.6) is 11.5 Å². The Morgan fingerprint density at radius 2 is 1.58 bits per heavy atom. The molecule has 194 valence electrons. The zero-order valence-corrected chi connectivity index (χ0v) is 21.3. The van der Waals surface area contributed by atoms with Crippen molar-refractivity contribution < 1.29 is 24.1 Å². The lowest BCUT2D eigenvalue weighted by molar-refractivity contribution is -0.138. The molecule has 0 aliphatic heterocycles. The van der Waals surface area contributed by atoms with Crippen LogP contribution in [-0.2, 0) is 9.53 Å². The van der Waals surface area contributed by atoms with Crippen molar-refractivity contribution in [3.63, 3.8) is 0 Å². The number of hydrogen-bond donors (Lipinski definition) is 1. The van der Waals surface area contributed by atoms with Gasteiger partial charge in [0.25, 0.3) is 0 Å². The topological polar surface area (TPSA) is 65.0 Å². The first-order chi connectivity index (χ1) is 17.7. The van der Waals surface area contributed by atoms with Crippen molar-refractivity contribution in [1.82, 2.24) is 0 Å². The molecule has 5 nitrogen and oxygen atoms in total. The summed E-state index contributed by atoms with van der Waals surface area (Å²) in [6.45, 7) is 4.15. The molecule has 1 N–H and O–H groups in total. The molecule has 0 heterocycles. The van der Waals surface area contributed by atoms with Crippen molar-refractivity contribution in [3.05, 3.63) is 60.7 Å². The van der Waals surface area contributed by atoms with Crippen LogP contribution >= 0.6 is 0 Å². The van der Waals surface area contributed by atoms with E-state index < -0.39 is 5.97 Å². The number of benzene rings is 2. The maximum absolute atomic E-state index is 11.4. The maximum atomic E-state index is 11.4. The van der Waals surface area contributed by atoms with E-state index in [2.05, 4.69) is 24.8 Å². The molecular formula is C31H40O5. The average Bonchev–Trinajstić information content (AvgIpc) is 2.95. The van der Waals surface area contributed by atoms with Gasteiger partial charge in [-0.1, -0.05) is 62.9 Å². The predicted molar refractivity (Wildman–Crippen MR) is 142 cm³/mol. The first-order valence-corrected chi connectivity index (χ1v) is 13.6. The van der Waals surface area contributed by atoms with Crippen LogP contribution in [0.3, 0.4) is 0 Å². The molecule has 2 saturated carbocycles. The summed E-state index contributed by atoms with van der Waals surface area (Å²) in [5.41, 5.74) is 3.36. The van der Waals surface area contributed by atoms with Crippen molar-refractivity contribution in [2.75, 3.05) is 26.4 Å². The van der Waals surface area contributed by atoms with Crippen LogP contribution in [0.15, 0.2) is 55.1 Å². The third-order valence-electron chi connectivity index (χ3n) is 7.84. The Hall–Kier alpha value is -2.79. The summed E-state index contributed by atoms with van der Waals surface area (Å²) in [5.74, 6) is 3.50. The molecular weight excluding hydrogens is 452 g/mol. The Kier molecular flexibility index (Phi) is 9.85. The SMILES string of the molecule is C=CC(=O)OCCOc1cc(C2CCC(C3CCCCC3)CC2)ccc1-c1ccc(OCCO)cc1. The van der Waals surface area contributed by atoms with Gasteiger partial charge in [-0.25, -0.2) is 4.79 Å². The van der Waals surface area contributed by atoms with Crippen molar-refractivity contribution in [1.29, 1.82) is 0 Å². The van der Waals surface area contributed by atoms with Gasteiger partial charge in [-0.3, -0.25) is 0 Å². The summed E-state index contributed by atoms with van der Waals surface area (Å²) < 4.78 is 16.8. The van der Waals surface area contributed by atoms with Crippen LogP contribution in [0.4, 0.5) is 0 Å². The van der Waals surface area contributed by atoms with Gasteiger partial charge in [-0.2, -0.15) is 0 Å². The molecule has 2 aliphatic carbocycles. The standard InChI is InChI=1S/C31H40O5/c1-2-31(33)36-21-20-35-30-22-27(25-10-8-24(9-11-25)23-6-4-3-5-7-23)14-17-29(30)26-12-15-28(16-13-26)34-19-18-32/h2,12-17,22-25,32H,1,3-11,18-21H2. The lowest BCUT2D eigenvalue weighted by Crippen LogP contribution is -2.23. The molecule has 2 aliphatic rings. The maximum Gasteiger partial charge on any atom is 0.330 e. The van der Waals surface area contributed by atoms with E-state index in [-0.39, 0.29) is 26.4 Å². The molecule has 0 amide bonds. The van der Waals surface area contributed by atoms with Gasteiger partial charge >= 0.3 is 5.97 Å². The number of hydrogen-bond acceptors (Lipinski definition) is 5. The van der Waals surface area contributed by atoms with Crippen LogP contribution in [0.2, 0.25) is 0 Å². The largest absolute Gasteiger partial charge is 0.491 e. The van der Waals surface area contributed by atoms with Crippen molar-refractivity contribution in [2.45, 2.75) is 63.7 Å². The summed E-state index contributed by atoms with van der Waals surface area (Å²) in [6, 6.07) is 14.4. The Balaban J connectivity index is 1.46. The van der Waals surface area contributed by atoms with Gasteiger partial charge in [-0.05, 0) is 72.8 Å². The van der Waals surface area contributed by atoms with E-state index in [0.29, 0.717) is 5.92 Å². The zero-order valence-electron chi connectivity index (χ0n) is 21.3. The molecule has 0 spiro atoms. The fourth-order valence-corrected chi connectivity index (χ4v) is 5.93. The first kappa shape index (κ1) is 26.3. The minimum absolute atomic E-state index is 0.0137. The highest BCUT2D eigenvalue weighted by Crippen LogP contribution is 2.44. The van der Waals surface area contributed by atoms with Crippen LogP contribution < -0.4 is 9.47 Å². The number of carbonyl (C=O) groups excluding carboxylic acids is 1. The third kappa shape index (κ3) is 7.13. The molecule has 0 aromatic heterocycles. The summed E-state index contributed by atoms with van der Waals surface area (Å²) in [4.78, 5) is 11.4. The Morgan fingerprint density at radius 1 is 0.861 bits per heavy atom. The Morgan fingerprint density at radius 3 is 2.28 bits per heavy atom. The molecule has 4 rings (SSSR count). The van der Waals surface area contributed by atoms with Crippen LogP contribution in [0.1, 0.15) is 69.3 Å². The first-order valence-electron chi connectivity index (χ1n) is 13.6. The fraction of sp³-hybridized carbons (Fsp3) is 0.516. The highest BCUT2D eigenvalue weighted by molar-refractivity contribution is 5.81. The van der Waals surface area contributed by atoms with Gasteiger partial charge in [0.1, 0.15) is 31.3 Å². The van der Waals surface area contributed by atoms with Gasteiger partial charge < -0.3 is 19.3 Å². The molecule has 0 atom stereocenters. The van der Waals surface area contributed by atoms with E-state index in [1.165, 1.54) is 63.4 Å². The second-order valence-corrected chi connectivity index (χ2v) is 10.1. The Labute approximate surface area is 215 Å². The van der Waals surface area contributed by atoms with E-state index in [1.807, 2.05) is 24.3 Å². The van der Waals surface area contributed by atoms with E-state index >= 15 is 0 Å². The van der Waals surface area contributed by atoms with Gasteiger partial charge in [0.2, 0.25) is 0 Å². The molecule has 2 aromatic carbocycles. The molecule has 0 saturated heterocycles. The molecule has 2 fully saturated rings. The molecule has 0 unspecified atom stereocenters. The molecule has 2 aromatic rings. The minimum Gasteiger partial charge on any atom is -0.491 e. The zero-order chi connectivity index (χ0) is 25.2. The van der Waals surface area contributed by atoms with Gasteiger partial charge in [-0.15, -0.1) is 0 Å². The minimum atomic E-state index is -0.444. The second-order valence-electron chi connectivity index (χ2n) is 10.1. The quantitative estimate of drug-likeness (QED) is 0.215. The fourth-order valence-electron chi connectivity index (χ4n) is 5.93. The van der Waals surface area contributed by atoms with E-state index in [9.17, 15) is 4.79 Å². The monoisotopic (exact) mass is 492 g/mol. The lowest BCUT2D eigenvalue weighted by atomic mass is 9.70. The van der Waals surface area contributed by atoms with Crippen molar-refractivity contribution >= 4 is 5.97 Å². The average molecular weight is 493 g/mol. The van der Waals surface area contributed by atoms with Crippen LogP contribution in [0, 0.1) is 11.8 Å². The highest BCUT2D eigenvalue weighted by atomic mass is 16.6. The number of carbonyl (C=O) groups is 1. The second kappa shape index (κ2) is 13.5. The lowest BCUT2D eigenvalue weighted by Gasteiger charge is -2.36. The number of esters is 1. The van der Waals surface area contributed by atoms with Crippen LogP contribution in [-0.4, -0.2) is 37.5 Å². The van der Waals surface area contributed by atoms with Gasteiger partial charge in [0.05, 0.1) is 6.61 Å². The normalized spacial score (nSPS) is 20.5. The summed E-state index contributed by atoms with van der Waals surface area (Å²) in [6.07, 6.45) is 13.4. The van der Waals surface area contributed by atoms with Gasteiger partial charge in [0, 0.05) is 11.6 Å². The van der Waals surface area contributed by atoms with E-state index in [0.717, 1.165) is 40.5 Å². The number of rotatable bonds is 11. The number of ether oxygens (including phenoxy) is 3. The van der Waals surface area contributed by atoms with Gasteiger partial charge in [0.15, 0.2) is 0 Å². The molecule has 0 radical (unpaired) electrons. The Bertz CT molecular complexity index is 969. The summed E-state index contributed by atoms with van der Waals surface area (Å²) >= 11 is 0. The smallest absolute Gasteiger partial charge is 0.330 e. The number of aliphatic hydroxyl groups is 1. The van der Waals surface area contributed by atoms with E-state index in [4.69, 9.17) is 19.3 Å². The van der Waals surface area contributed by atoms with Crippen molar-refractivity contribution in [2.24, 2.45) is 11.8 Å². The molecule has 5 heteroatoms. The summed E-state index contributed by atoms with van der Waals surface area (Å²) in [5, 5.41) is 8.99. The highest BCUT2D eigenvalue weighted by Gasteiger charge is 2.29. The van der Waals surface area contributed by atoms with E-state index in [1.54, 1.807) is 0 Å².